The van der Waals surface area contributed by atoms with Crippen molar-refractivity contribution < 1.29 is 4.79 Å². The number of nitrogens with two attached hydrogens (primary N) is 2. The van der Waals surface area contributed by atoms with Gasteiger partial charge in [-0.1, -0.05) is 0 Å². The van der Waals surface area contributed by atoms with Gasteiger partial charge in [0.2, 0.25) is 5.91 Å². The average molecular weight is 359 g/mol. The Bertz CT molecular complexity index is 1120. The molecule has 4 rings (SSSR count). The first-order valence-corrected chi connectivity index (χ1v) is 8.46. The molecule has 1 aliphatic carbocycles. The van der Waals surface area contributed by atoms with Crippen molar-refractivity contribution in [2.75, 3.05) is 16.8 Å². The van der Waals surface area contributed by atoms with Crippen molar-refractivity contribution in [3.63, 3.8) is 0 Å². The van der Waals surface area contributed by atoms with E-state index in [0.29, 0.717) is 29.1 Å². The van der Waals surface area contributed by atoms with E-state index in [0.717, 1.165) is 22.1 Å². The van der Waals surface area contributed by atoms with Gasteiger partial charge in [0.1, 0.15) is 5.52 Å². The van der Waals surface area contributed by atoms with Crippen LogP contribution in [0.2, 0.25) is 0 Å². The van der Waals surface area contributed by atoms with Gasteiger partial charge in [-0.05, 0) is 42.7 Å². The van der Waals surface area contributed by atoms with Crippen LogP contribution in [-0.4, -0.2) is 21.1 Å². The van der Waals surface area contributed by atoms with Crippen molar-refractivity contribution in [1.82, 2.24) is 15.2 Å². The van der Waals surface area contributed by atoms with Crippen LogP contribution < -0.4 is 16.8 Å². The molecule has 27 heavy (non-hydrogen) atoms. The number of pyridine rings is 1. The normalized spacial score (nSPS) is 18.1. The standard InChI is InChI=1S/C19H17N7O/c1-9-14(7-23-8-16(9)22)10-2-11-5-17(25-26-18(11)15(21)4-10)24-19(27)13-3-12(13)6-20/h2,4-5,7-8,12-13H,3,21-22H2,1H3,(H,24,25,27)/t12-,13+/m0/s1. The smallest absolute Gasteiger partial charge is 0.230 e. The van der Waals surface area contributed by atoms with Crippen LogP contribution in [0.4, 0.5) is 17.2 Å². The Morgan fingerprint density at radius 3 is 2.78 bits per heavy atom. The van der Waals surface area contributed by atoms with Crippen LogP contribution in [0.15, 0.2) is 30.6 Å². The molecule has 1 saturated carbocycles. The third kappa shape index (κ3) is 3.00. The number of nitriles is 1. The third-order valence-corrected chi connectivity index (χ3v) is 4.83. The quantitative estimate of drug-likeness (QED) is 0.608. The Balaban J connectivity index is 1.71. The zero-order chi connectivity index (χ0) is 19.1. The third-order valence-electron chi connectivity index (χ3n) is 4.83. The van der Waals surface area contributed by atoms with Crippen LogP contribution in [0, 0.1) is 30.1 Å². The lowest BCUT2D eigenvalue weighted by Crippen LogP contribution is -2.16. The van der Waals surface area contributed by atoms with Crippen molar-refractivity contribution in [1.29, 1.82) is 5.26 Å². The van der Waals surface area contributed by atoms with Crippen LogP contribution in [0.1, 0.15) is 12.0 Å². The van der Waals surface area contributed by atoms with Gasteiger partial charge in [-0.15, -0.1) is 10.2 Å². The Morgan fingerprint density at radius 2 is 2.04 bits per heavy atom. The number of carbonyl (C=O) groups is 1. The second-order valence-electron chi connectivity index (χ2n) is 6.70. The van der Waals surface area contributed by atoms with E-state index in [1.165, 1.54) is 0 Å². The number of benzene rings is 1. The summed E-state index contributed by atoms with van der Waals surface area (Å²) in [7, 11) is 0. The minimum atomic E-state index is -0.273. The highest BCUT2D eigenvalue weighted by molar-refractivity contribution is 5.98. The van der Waals surface area contributed by atoms with E-state index in [4.69, 9.17) is 16.7 Å². The van der Waals surface area contributed by atoms with E-state index in [2.05, 4.69) is 26.6 Å². The highest BCUT2D eigenvalue weighted by Crippen LogP contribution is 2.38. The number of carbonyl (C=O) groups excluding carboxylic acids is 1. The van der Waals surface area contributed by atoms with Crippen molar-refractivity contribution in [3.8, 4) is 17.2 Å². The number of nitrogen functional groups attached to an aromatic ring is 2. The second-order valence-corrected chi connectivity index (χ2v) is 6.70. The molecule has 1 amide bonds. The second kappa shape index (κ2) is 6.21. The minimum absolute atomic E-state index is 0.209. The number of nitrogens with one attached hydrogen (secondary N) is 1. The zero-order valence-electron chi connectivity index (χ0n) is 14.6. The van der Waals surface area contributed by atoms with Crippen molar-refractivity contribution in [3.05, 3.63) is 36.2 Å². The number of anilines is 3. The van der Waals surface area contributed by atoms with Crippen molar-refractivity contribution in [2.45, 2.75) is 13.3 Å². The summed E-state index contributed by atoms with van der Waals surface area (Å²) in [6.07, 6.45) is 3.93. The molecule has 1 aromatic carbocycles. The van der Waals surface area contributed by atoms with Crippen LogP contribution in [0.3, 0.4) is 0 Å². The maximum atomic E-state index is 12.1. The molecule has 0 unspecified atom stereocenters. The molecule has 0 spiro atoms. The molecule has 0 aliphatic heterocycles. The van der Waals surface area contributed by atoms with Crippen LogP contribution in [0.5, 0.6) is 0 Å². The molecular formula is C19H17N7O. The van der Waals surface area contributed by atoms with Gasteiger partial charge in [0.05, 0.1) is 35.5 Å². The van der Waals surface area contributed by atoms with E-state index >= 15 is 0 Å². The van der Waals surface area contributed by atoms with Gasteiger partial charge >= 0.3 is 0 Å². The predicted octanol–water partition coefficient (Wildman–Crippen LogP) is 2.26. The number of amides is 1. The van der Waals surface area contributed by atoms with Crippen molar-refractivity contribution >= 4 is 34.0 Å². The molecule has 1 aliphatic rings. The summed E-state index contributed by atoms with van der Waals surface area (Å²) in [6, 6.07) is 7.54. The zero-order valence-corrected chi connectivity index (χ0v) is 14.6. The maximum absolute atomic E-state index is 12.1. The first-order chi connectivity index (χ1) is 13.0. The van der Waals surface area contributed by atoms with E-state index < -0.39 is 0 Å². The fraction of sp³-hybridized carbons (Fsp3) is 0.211. The monoisotopic (exact) mass is 359 g/mol. The van der Waals surface area contributed by atoms with Gasteiger partial charge in [0.25, 0.3) is 0 Å². The van der Waals surface area contributed by atoms with Crippen LogP contribution in [0.25, 0.3) is 22.0 Å². The lowest BCUT2D eigenvalue weighted by atomic mass is 9.99. The Hall–Kier alpha value is -3.73. The molecule has 2 heterocycles. The Morgan fingerprint density at radius 1 is 1.22 bits per heavy atom. The molecule has 5 N–H and O–H groups in total. The first kappa shape index (κ1) is 16.7. The van der Waals surface area contributed by atoms with Crippen LogP contribution in [-0.2, 0) is 4.79 Å². The Labute approximate surface area is 155 Å². The number of nitrogens with zero attached hydrogens (tertiary/aromatic N) is 4. The van der Waals surface area contributed by atoms with Gasteiger partial charge in [0.15, 0.2) is 5.82 Å². The molecule has 0 bridgehead atoms. The van der Waals surface area contributed by atoms with Crippen molar-refractivity contribution in [2.24, 2.45) is 11.8 Å². The molecule has 2 aromatic heterocycles. The largest absolute Gasteiger partial charge is 0.397 e. The number of hydrogen-bond acceptors (Lipinski definition) is 7. The molecule has 1 fully saturated rings. The number of fused-ring (bicyclic) bond motifs is 1. The van der Waals surface area contributed by atoms with E-state index in [-0.39, 0.29) is 17.7 Å². The molecule has 8 nitrogen and oxygen atoms in total. The maximum Gasteiger partial charge on any atom is 0.230 e. The molecular weight excluding hydrogens is 342 g/mol. The molecule has 2 atom stereocenters. The number of hydrogen-bond donors (Lipinski definition) is 3. The first-order valence-electron chi connectivity index (χ1n) is 8.46. The summed E-state index contributed by atoms with van der Waals surface area (Å²) in [6.45, 7) is 1.92. The van der Waals surface area contributed by atoms with Gasteiger partial charge < -0.3 is 16.8 Å². The molecule has 134 valence electrons. The number of rotatable bonds is 3. The number of aromatic nitrogens is 3. The predicted molar refractivity (Wildman–Crippen MR) is 102 cm³/mol. The van der Waals surface area contributed by atoms with Gasteiger partial charge in [-0.2, -0.15) is 5.26 Å². The highest BCUT2D eigenvalue weighted by Gasteiger charge is 2.43. The highest BCUT2D eigenvalue weighted by atomic mass is 16.2. The minimum Gasteiger partial charge on any atom is -0.397 e. The lowest BCUT2D eigenvalue weighted by molar-refractivity contribution is -0.117. The molecule has 3 aromatic rings. The van der Waals surface area contributed by atoms with Gasteiger partial charge in [-0.3, -0.25) is 9.78 Å². The van der Waals surface area contributed by atoms with E-state index in [9.17, 15) is 4.79 Å². The molecule has 0 saturated heterocycles. The van der Waals surface area contributed by atoms with E-state index in [1.54, 1.807) is 24.5 Å². The summed E-state index contributed by atoms with van der Waals surface area (Å²) < 4.78 is 0. The fourth-order valence-corrected chi connectivity index (χ4v) is 3.08. The molecule has 0 radical (unpaired) electrons. The SMILES string of the molecule is Cc1c(N)cncc1-c1cc(N)c2nnc(NC(=O)[C@@H]3C[C@H]3C#N)cc2c1. The summed E-state index contributed by atoms with van der Waals surface area (Å²) >= 11 is 0. The molecule has 8 heteroatoms. The Kier molecular flexibility index (Phi) is 3.85. The summed E-state index contributed by atoms with van der Waals surface area (Å²) in [5.41, 5.74) is 16.4. The summed E-state index contributed by atoms with van der Waals surface area (Å²) in [4.78, 5) is 16.3. The summed E-state index contributed by atoms with van der Waals surface area (Å²) in [5, 5.41) is 20.5. The fourth-order valence-electron chi connectivity index (χ4n) is 3.08. The van der Waals surface area contributed by atoms with E-state index in [1.807, 2.05) is 13.0 Å². The average Bonchev–Trinajstić information content (AvgIpc) is 3.44. The topological polar surface area (TPSA) is 144 Å². The van der Waals surface area contributed by atoms with Crippen LogP contribution >= 0.6 is 0 Å². The lowest BCUT2D eigenvalue weighted by Gasteiger charge is -2.11. The summed E-state index contributed by atoms with van der Waals surface area (Å²) in [5.74, 6) is -0.366. The van der Waals surface area contributed by atoms with Gasteiger partial charge in [-0.25, -0.2) is 0 Å². The van der Waals surface area contributed by atoms with Gasteiger partial charge in [0, 0.05) is 17.1 Å².